The fourth-order valence-electron chi connectivity index (χ4n) is 4.22. The molecule has 0 N–H and O–H groups in total. The maximum Gasteiger partial charge on any atom is 0.220 e. The first-order valence-electron chi connectivity index (χ1n) is 9.08. The second kappa shape index (κ2) is 7.15. The van der Waals surface area contributed by atoms with E-state index in [1.165, 1.54) is 23.3 Å². The van der Waals surface area contributed by atoms with Gasteiger partial charge in [0.05, 0.1) is 5.56 Å². The standard InChI is InChI=1S/C20H23N3OS2/c1-15(24)23(11-16-2-7-25-13-16)19-9-20(19)3-5-22(6-4-20)12-18-8-17(10-21)14-26-18/h2,7-8,13-14,19H,3-6,9,11-12H2,1H3/t19-/m1/s1. The van der Waals surface area contributed by atoms with Gasteiger partial charge >= 0.3 is 0 Å². The van der Waals surface area contributed by atoms with Crippen LogP contribution in [-0.4, -0.2) is 34.8 Å². The van der Waals surface area contributed by atoms with Crippen LogP contribution in [0.2, 0.25) is 0 Å². The number of thiophene rings is 2. The number of amides is 1. The van der Waals surface area contributed by atoms with E-state index in [1.807, 2.05) is 11.4 Å². The number of rotatable bonds is 5. The van der Waals surface area contributed by atoms with Gasteiger partial charge in [-0.2, -0.15) is 16.6 Å². The molecule has 1 aliphatic heterocycles. The average molecular weight is 386 g/mol. The molecule has 1 saturated carbocycles. The topological polar surface area (TPSA) is 47.3 Å². The van der Waals surface area contributed by atoms with Gasteiger partial charge in [0.2, 0.25) is 5.91 Å². The van der Waals surface area contributed by atoms with Crippen LogP contribution in [0.25, 0.3) is 0 Å². The monoisotopic (exact) mass is 385 g/mol. The molecule has 6 heteroatoms. The Morgan fingerprint density at radius 1 is 1.42 bits per heavy atom. The third-order valence-electron chi connectivity index (χ3n) is 5.87. The largest absolute Gasteiger partial charge is 0.335 e. The molecule has 1 spiro atoms. The Morgan fingerprint density at radius 3 is 2.85 bits per heavy atom. The van der Waals surface area contributed by atoms with Crippen molar-refractivity contribution in [3.8, 4) is 6.07 Å². The lowest BCUT2D eigenvalue weighted by molar-refractivity contribution is -0.130. The molecule has 2 aliphatic rings. The molecule has 136 valence electrons. The summed E-state index contributed by atoms with van der Waals surface area (Å²) in [6.07, 6.45) is 3.49. The van der Waals surface area contributed by atoms with Gasteiger partial charge in [-0.1, -0.05) is 0 Å². The van der Waals surface area contributed by atoms with Gasteiger partial charge in [0.1, 0.15) is 6.07 Å². The Labute approximate surface area is 162 Å². The van der Waals surface area contributed by atoms with Gasteiger partial charge in [0.15, 0.2) is 0 Å². The second-order valence-corrected chi connectivity index (χ2v) is 9.33. The highest BCUT2D eigenvalue weighted by Gasteiger charge is 2.58. The van der Waals surface area contributed by atoms with Crippen molar-refractivity contribution in [2.45, 2.75) is 45.3 Å². The fraction of sp³-hybridized carbons (Fsp3) is 0.500. The number of carbonyl (C=O) groups is 1. The summed E-state index contributed by atoms with van der Waals surface area (Å²) in [6.45, 7) is 5.57. The van der Waals surface area contributed by atoms with Crippen LogP contribution in [-0.2, 0) is 17.9 Å². The van der Waals surface area contributed by atoms with E-state index in [0.717, 1.165) is 38.2 Å². The summed E-state index contributed by atoms with van der Waals surface area (Å²) < 4.78 is 0. The van der Waals surface area contributed by atoms with E-state index in [9.17, 15) is 4.79 Å². The number of hydrogen-bond donors (Lipinski definition) is 0. The first-order chi connectivity index (χ1) is 12.6. The quantitative estimate of drug-likeness (QED) is 0.779. The van der Waals surface area contributed by atoms with Crippen LogP contribution in [0, 0.1) is 16.7 Å². The second-order valence-electron chi connectivity index (χ2n) is 7.55. The first-order valence-corrected chi connectivity index (χ1v) is 10.9. The predicted molar refractivity (Wildman–Crippen MR) is 105 cm³/mol. The van der Waals surface area contributed by atoms with Crippen molar-refractivity contribution in [2.24, 2.45) is 5.41 Å². The predicted octanol–water partition coefficient (Wildman–Crippen LogP) is 4.08. The van der Waals surface area contributed by atoms with Crippen LogP contribution in [0.4, 0.5) is 0 Å². The minimum atomic E-state index is 0.197. The maximum absolute atomic E-state index is 12.2. The molecule has 2 aromatic rings. The van der Waals surface area contributed by atoms with E-state index in [4.69, 9.17) is 5.26 Å². The zero-order chi connectivity index (χ0) is 18.1. The molecule has 0 unspecified atom stereocenters. The molecular weight excluding hydrogens is 362 g/mol. The number of nitriles is 1. The van der Waals surface area contributed by atoms with Crippen molar-refractivity contribution in [3.63, 3.8) is 0 Å². The van der Waals surface area contributed by atoms with Gasteiger partial charge in [-0.25, -0.2) is 0 Å². The molecule has 4 nitrogen and oxygen atoms in total. The minimum absolute atomic E-state index is 0.197. The van der Waals surface area contributed by atoms with Gasteiger partial charge in [0, 0.05) is 36.3 Å². The summed E-state index contributed by atoms with van der Waals surface area (Å²) in [6, 6.07) is 6.75. The molecule has 1 amide bonds. The molecule has 1 atom stereocenters. The molecule has 3 heterocycles. The molecule has 2 fully saturated rings. The Hall–Kier alpha value is -1.68. The van der Waals surface area contributed by atoms with Gasteiger partial charge in [-0.05, 0) is 66.2 Å². The lowest BCUT2D eigenvalue weighted by atomic mass is 9.92. The SMILES string of the molecule is CC(=O)N(Cc1ccsc1)[C@@H]1CC12CCN(Cc1cc(C#N)cs1)CC2. The van der Waals surface area contributed by atoms with E-state index < -0.39 is 0 Å². The summed E-state index contributed by atoms with van der Waals surface area (Å²) in [5.41, 5.74) is 2.35. The molecule has 4 rings (SSSR count). The van der Waals surface area contributed by atoms with E-state index in [1.54, 1.807) is 29.6 Å². The number of piperidine rings is 1. The maximum atomic E-state index is 12.2. The summed E-state index contributed by atoms with van der Waals surface area (Å²) in [4.78, 5) is 18.1. The van der Waals surface area contributed by atoms with Crippen molar-refractivity contribution >= 4 is 28.6 Å². The molecule has 2 aromatic heterocycles. The first kappa shape index (κ1) is 17.7. The highest BCUT2D eigenvalue weighted by molar-refractivity contribution is 7.10. The zero-order valence-corrected chi connectivity index (χ0v) is 16.6. The molecule has 26 heavy (non-hydrogen) atoms. The Morgan fingerprint density at radius 2 is 2.23 bits per heavy atom. The smallest absolute Gasteiger partial charge is 0.220 e. The Kier molecular flexibility index (Phi) is 4.87. The Balaban J connectivity index is 1.34. The van der Waals surface area contributed by atoms with Crippen molar-refractivity contribution in [1.29, 1.82) is 5.26 Å². The summed E-state index contributed by atoms with van der Waals surface area (Å²) in [5.74, 6) is 0.197. The van der Waals surface area contributed by atoms with Crippen LogP contribution in [0.15, 0.2) is 28.3 Å². The van der Waals surface area contributed by atoms with Crippen molar-refractivity contribution < 1.29 is 4.79 Å². The van der Waals surface area contributed by atoms with Gasteiger partial charge in [-0.15, -0.1) is 11.3 Å². The zero-order valence-electron chi connectivity index (χ0n) is 15.0. The third-order valence-corrected chi connectivity index (χ3v) is 7.53. The molecule has 0 radical (unpaired) electrons. The summed E-state index contributed by atoms with van der Waals surface area (Å²) in [7, 11) is 0. The van der Waals surface area contributed by atoms with Crippen molar-refractivity contribution in [2.75, 3.05) is 13.1 Å². The highest BCUT2D eigenvalue weighted by Crippen LogP contribution is 2.57. The van der Waals surface area contributed by atoms with Crippen LogP contribution in [0.5, 0.6) is 0 Å². The van der Waals surface area contributed by atoms with E-state index in [2.05, 4.69) is 32.7 Å². The fourth-order valence-corrected chi connectivity index (χ4v) is 5.73. The van der Waals surface area contributed by atoms with Crippen LogP contribution in [0.1, 0.15) is 42.2 Å². The number of hydrogen-bond acceptors (Lipinski definition) is 5. The average Bonchev–Trinajstić information content (AvgIpc) is 3.01. The Bertz CT molecular complexity index is 812. The van der Waals surface area contributed by atoms with Crippen LogP contribution in [0.3, 0.4) is 0 Å². The van der Waals surface area contributed by atoms with Gasteiger partial charge < -0.3 is 4.90 Å². The van der Waals surface area contributed by atoms with E-state index >= 15 is 0 Å². The van der Waals surface area contributed by atoms with Crippen LogP contribution < -0.4 is 0 Å². The minimum Gasteiger partial charge on any atom is -0.335 e. The molecule has 0 bridgehead atoms. The number of carbonyl (C=O) groups excluding carboxylic acids is 1. The van der Waals surface area contributed by atoms with Gasteiger partial charge in [-0.3, -0.25) is 9.69 Å². The molecule has 0 aromatic carbocycles. The molecule has 1 aliphatic carbocycles. The number of likely N-dealkylation sites (tertiary alicyclic amines) is 1. The van der Waals surface area contributed by atoms with E-state index in [0.29, 0.717) is 11.5 Å². The van der Waals surface area contributed by atoms with Crippen LogP contribution >= 0.6 is 22.7 Å². The summed E-state index contributed by atoms with van der Waals surface area (Å²) >= 11 is 3.37. The van der Waals surface area contributed by atoms with Crippen molar-refractivity contribution in [3.05, 3.63) is 44.3 Å². The lowest BCUT2D eigenvalue weighted by Crippen LogP contribution is -2.39. The molecule has 1 saturated heterocycles. The highest BCUT2D eigenvalue weighted by atomic mass is 32.1. The third kappa shape index (κ3) is 3.57. The van der Waals surface area contributed by atoms with Gasteiger partial charge in [0.25, 0.3) is 0 Å². The van der Waals surface area contributed by atoms with Crippen molar-refractivity contribution in [1.82, 2.24) is 9.80 Å². The number of nitrogens with zero attached hydrogens (tertiary/aromatic N) is 3. The normalized spacial score (nSPS) is 21.5. The summed E-state index contributed by atoms with van der Waals surface area (Å²) in [5, 5.41) is 15.1. The lowest BCUT2D eigenvalue weighted by Gasteiger charge is -2.34. The van der Waals surface area contributed by atoms with E-state index in [-0.39, 0.29) is 5.91 Å². The molecular formula is C20H23N3OS2.